The summed E-state index contributed by atoms with van der Waals surface area (Å²) in [7, 11) is 2.46. The van der Waals surface area contributed by atoms with Crippen LogP contribution in [0.15, 0.2) is 0 Å². The Labute approximate surface area is 95.0 Å². The summed E-state index contributed by atoms with van der Waals surface area (Å²) in [6, 6.07) is -1.19. The van der Waals surface area contributed by atoms with E-state index in [1.165, 1.54) is 14.2 Å². The van der Waals surface area contributed by atoms with Gasteiger partial charge in [0.2, 0.25) is 0 Å². The van der Waals surface area contributed by atoms with Gasteiger partial charge < -0.3 is 19.9 Å². The molecule has 0 aliphatic carbocycles. The van der Waals surface area contributed by atoms with Crippen LogP contribution in [-0.4, -0.2) is 43.9 Å². The van der Waals surface area contributed by atoms with Gasteiger partial charge in [0.05, 0.1) is 7.11 Å². The molecule has 0 aromatic carbocycles. The molecule has 0 saturated carbocycles. The van der Waals surface area contributed by atoms with Crippen LogP contribution < -0.4 is 5.73 Å². The highest BCUT2D eigenvalue weighted by molar-refractivity contribution is 5.86. The molecule has 0 amide bonds. The van der Waals surface area contributed by atoms with Crippen LogP contribution in [0.5, 0.6) is 0 Å². The van der Waals surface area contributed by atoms with Crippen molar-refractivity contribution in [3.63, 3.8) is 0 Å². The predicted molar refractivity (Wildman–Crippen MR) is 56.6 cm³/mol. The number of carbonyl (C=O) groups is 2. The smallest absolute Gasteiger partial charge is 0.338 e. The fraction of sp³-hybridized carbons (Fsp3) is 0.800. The number of ether oxygens (including phenoxy) is 3. The van der Waals surface area contributed by atoms with Crippen LogP contribution in [0.4, 0.5) is 0 Å². The van der Waals surface area contributed by atoms with Gasteiger partial charge in [0.15, 0.2) is 6.10 Å². The number of carbonyl (C=O) groups excluding carboxylic acids is 2. The summed E-state index contributed by atoms with van der Waals surface area (Å²) in [5.74, 6) is -1.41. The van der Waals surface area contributed by atoms with E-state index in [4.69, 9.17) is 15.2 Å². The van der Waals surface area contributed by atoms with Gasteiger partial charge in [-0.25, -0.2) is 4.79 Å². The lowest BCUT2D eigenvalue weighted by Gasteiger charge is -2.25. The Morgan fingerprint density at radius 1 is 1.12 bits per heavy atom. The first-order valence-electron chi connectivity index (χ1n) is 4.82. The predicted octanol–water partition coefficient (Wildman–Crippen LogP) is -0.157. The average molecular weight is 233 g/mol. The molecule has 0 aromatic heterocycles. The lowest BCUT2D eigenvalue weighted by Crippen LogP contribution is -2.49. The SMILES string of the molecule is COC(=O)[C@@H](N)[C@H](OC)C(=O)OC(C)(C)C. The van der Waals surface area contributed by atoms with Crippen LogP contribution in [0.2, 0.25) is 0 Å². The first-order chi connectivity index (χ1) is 7.22. The Hall–Kier alpha value is -1.14. The Kier molecular flexibility index (Phi) is 5.40. The van der Waals surface area contributed by atoms with Gasteiger partial charge >= 0.3 is 11.9 Å². The average Bonchev–Trinajstić information content (AvgIpc) is 2.14. The van der Waals surface area contributed by atoms with Crippen LogP contribution in [0.25, 0.3) is 0 Å². The van der Waals surface area contributed by atoms with E-state index in [1.807, 2.05) is 0 Å². The zero-order valence-corrected chi connectivity index (χ0v) is 10.3. The fourth-order valence-corrected chi connectivity index (χ4v) is 1.01. The molecule has 0 rings (SSSR count). The minimum atomic E-state index is -1.19. The fourth-order valence-electron chi connectivity index (χ4n) is 1.01. The monoisotopic (exact) mass is 233 g/mol. The molecule has 0 heterocycles. The maximum absolute atomic E-state index is 11.6. The zero-order chi connectivity index (χ0) is 12.9. The zero-order valence-electron chi connectivity index (χ0n) is 10.3. The second kappa shape index (κ2) is 5.81. The van der Waals surface area contributed by atoms with Gasteiger partial charge in [-0.1, -0.05) is 0 Å². The molecule has 0 bridgehead atoms. The van der Waals surface area contributed by atoms with E-state index in [0.29, 0.717) is 0 Å². The number of hydrogen-bond acceptors (Lipinski definition) is 6. The van der Waals surface area contributed by atoms with Crippen molar-refractivity contribution in [1.29, 1.82) is 0 Å². The summed E-state index contributed by atoms with van der Waals surface area (Å²) in [4.78, 5) is 22.8. The van der Waals surface area contributed by atoms with E-state index in [0.717, 1.165) is 0 Å². The third kappa shape index (κ3) is 4.59. The van der Waals surface area contributed by atoms with Crippen molar-refractivity contribution in [3.05, 3.63) is 0 Å². The molecule has 0 unspecified atom stereocenters. The number of nitrogens with two attached hydrogens (primary N) is 1. The van der Waals surface area contributed by atoms with Gasteiger partial charge in [0.25, 0.3) is 0 Å². The summed E-state index contributed by atoms with van der Waals surface area (Å²) in [6.07, 6.45) is -1.16. The van der Waals surface area contributed by atoms with Crippen molar-refractivity contribution < 1.29 is 23.8 Å². The second-order valence-electron chi connectivity index (χ2n) is 4.24. The van der Waals surface area contributed by atoms with E-state index < -0.39 is 29.7 Å². The first-order valence-corrected chi connectivity index (χ1v) is 4.82. The summed E-state index contributed by atoms with van der Waals surface area (Å²) >= 11 is 0. The van der Waals surface area contributed by atoms with E-state index in [-0.39, 0.29) is 0 Å². The number of hydrogen-bond donors (Lipinski definition) is 1. The maximum atomic E-state index is 11.6. The van der Waals surface area contributed by atoms with E-state index >= 15 is 0 Å². The summed E-state index contributed by atoms with van der Waals surface area (Å²) in [5, 5.41) is 0. The van der Waals surface area contributed by atoms with Crippen LogP contribution in [0, 0.1) is 0 Å². The van der Waals surface area contributed by atoms with Crippen LogP contribution >= 0.6 is 0 Å². The third-order valence-corrected chi connectivity index (χ3v) is 1.69. The van der Waals surface area contributed by atoms with Crippen molar-refractivity contribution in [2.45, 2.75) is 38.5 Å². The lowest BCUT2D eigenvalue weighted by atomic mass is 10.1. The van der Waals surface area contributed by atoms with Crippen LogP contribution in [-0.2, 0) is 23.8 Å². The van der Waals surface area contributed by atoms with Crippen molar-refractivity contribution in [2.24, 2.45) is 5.73 Å². The largest absolute Gasteiger partial charge is 0.468 e. The maximum Gasteiger partial charge on any atom is 0.338 e. The molecule has 0 spiro atoms. The molecule has 2 atom stereocenters. The summed E-state index contributed by atoms with van der Waals surface area (Å²) < 4.78 is 14.3. The number of methoxy groups -OCH3 is 2. The van der Waals surface area contributed by atoms with Gasteiger partial charge in [-0.2, -0.15) is 0 Å². The van der Waals surface area contributed by atoms with Crippen molar-refractivity contribution in [1.82, 2.24) is 0 Å². The molecule has 0 fully saturated rings. The first kappa shape index (κ1) is 14.9. The Balaban J connectivity index is 4.61. The van der Waals surface area contributed by atoms with E-state index in [9.17, 15) is 9.59 Å². The Morgan fingerprint density at radius 3 is 1.94 bits per heavy atom. The highest BCUT2D eigenvalue weighted by atomic mass is 16.6. The Bertz CT molecular complexity index is 258. The number of rotatable bonds is 4. The highest BCUT2D eigenvalue weighted by Crippen LogP contribution is 2.11. The molecular formula is C10H19NO5. The highest BCUT2D eigenvalue weighted by Gasteiger charge is 2.34. The van der Waals surface area contributed by atoms with Crippen molar-refractivity contribution >= 4 is 11.9 Å². The lowest BCUT2D eigenvalue weighted by molar-refractivity contribution is -0.172. The van der Waals surface area contributed by atoms with E-state index in [1.54, 1.807) is 20.8 Å². The van der Waals surface area contributed by atoms with Gasteiger partial charge in [-0.05, 0) is 20.8 Å². The van der Waals surface area contributed by atoms with Crippen LogP contribution in [0.1, 0.15) is 20.8 Å². The van der Waals surface area contributed by atoms with Gasteiger partial charge in [-0.15, -0.1) is 0 Å². The van der Waals surface area contributed by atoms with Gasteiger partial charge in [-0.3, -0.25) is 4.79 Å². The van der Waals surface area contributed by atoms with E-state index in [2.05, 4.69) is 4.74 Å². The molecule has 16 heavy (non-hydrogen) atoms. The molecule has 6 heteroatoms. The quantitative estimate of drug-likeness (QED) is 0.679. The molecule has 94 valence electrons. The Morgan fingerprint density at radius 2 is 1.62 bits per heavy atom. The molecule has 0 aliphatic heterocycles. The van der Waals surface area contributed by atoms with Crippen molar-refractivity contribution in [2.75, 3.05) is 14.2 Å². The molecule has 2 N–H and O–H groups in total. The van der Waals surface area contributed by atoms with Gasteiger partial charge in [0, 0.05) is 7.11 Å². The van der Waals surface area contributed by atoms with Crippen molar-refractivity contribution in [3.8, 4) is 0 Å². The molecule has 0 aromatic rings. The summed E-state index contributed by atoms with van der Waals surface area (Å²) in [5.41, 5.74) is 4.84. The van der Waals surface area contributed by atoms with Gasteiger partial charge in [0.1, 0.15) is 11.6 Å². The molecule has 0 radical (unpaired) electrons. The molecular weight excluding hydrogens is 214 g/mol. The van der Waals surface area contributed by atoms with Crippen LogP contribution in [0.3, 0.4) is 0 Å². The normalized spacial score (nSPS) is 15.1. The third-order valence-electron chi connectivity index (χ3n) is 1.69. The molecule has 0 aliphatic rings. The molecule has 6 nitrogen and oxygen atoms in total. The minimum absolute atomic E-state index is 0.663. The number of esters is 2. The minimum Gasteiger partial charge on any atom is -0.468 e. The second-order valence-corrected chi connectivity index (χ2v) is 4.24. The molecule has 0 saturated heterocycles. The topological polar surface area (TPSA) is 87.9 Å². The standard InChI is InChI=1S/C10H19NO5/c1-10(2,3)16-9(13)7(14-4)6(11)8(12)15-5/h6-7H,11H2,1-5H3/t6-,7-/m0/s1. The summed E-state index contributed by atoms with van der Waals surface area (Å²) in [6.45, 7) is 5.13.